The Morgan fingerprint density at radius 1 is 1.36 bits per heavy atom. The van der Waals surface area contributed by atoms with Crippen LogP contribution in [0.25, 0.3) is 0 Å². The molecule has 0 saturated carbocycles. The van der Waals surface area contributed by atoms with Gasteiger partial charge in [-0.25, -0.2) is 9.18 Å². The second kappa shape index (κ2) is 7.73. The number of carboxylic acid groups (broad SMARTS) is 1. The van der Waals surface area contributed by atoms with Crippen LogP contribution in [0.3, 0.4) is 0 Å². The molecule has 1 heterocycles. The number of rotatable bonds is 7. The molecule has 2 aromatic rings. The van der Waals surface area contributed by atoms with Crippen molar-refractivity contribution in [1.29, 1.82) is 0 Å². The number of alkyl halides is 2. The first-order valence-corrected chi connectivity index (χ1v) is 7.19. The van der Waals surface area contributed by atoms with Crippen molar-refractivity contribution < 1.29 is 37.0 Å². The number of carboxylic acids is 1. The lowest BCUT2D eigenvalue weighted by Gasteiger charge is -2.11. The van der Waals surface area contributed by atoms with E-state index in [1.54, 1.807) is 6.92 Å². The van der Waals surface area contributed by atoms with Crippen molar-refractivity contribution >= 4 is 11.9 Å². The van der Waals surface area contributed by atoms with Crippen LogP contribution in [-0.2, 0) is 13.0 Å². The highest BCUT2D eigenvalue weighted by Crippen LogP contribution is 2.23. The van der Waals surface area contributed by atoms with Crippen LogP contribution >= 0.6 is 0 Å². The van der Waals surface area contributed by atoms with Crippen molar-refractivity contribution in [3.8, 4) is 5.75 Å². The van der Waals surface area contributed by atoms with Gasteiger partial charge in [0.25, 0.3) is 5.91 Å². The van der Waals surface area contributed by atoms with Crippen LogP contribution in [0.4, 0.5) is 13.2 Å². The van der Waals surface area contributed by atoms with E-state index in [0.29, 0.717) is 0 Å². The zero-order chi connectivity index (χ0) is 18.6. The van der Waals surface area contributed by atoms with Gasteiger partial charge in [0, 0.05) is 24.6 Å². The molecule has 1 amide bonds. The van der Waals surface area contributed by atoms with E-state index in [1.807, 2.05) is 0 Å². The SMILES string of the molecule is CCc1oc(C(=O)NCc2c(F)cccc2OC(F)F)cc1C(=O)O. The second-order valence-electron chi connectivity index (χ2n) is 4.88. The molecule has 25 heavy (non-hydrogen) atoms. The molecule has 0 aliphatic carbocycles. The number of hydrogen-bond acceptors (Lipinski definition) is 4. The van der Waals surface area contributed by atoms with Crippen LogP contribution in [0.15, 0.2) is 28.7 Å². The molecule has 0 aliphatic heterocycles. The van der Waals surface area contributed by atoms with Crippen LogP contribution in [0.1, 0.15) is 39.2 Å². The Hall–Kier alpha value is -2.97. The lowest BCUT2D eigenvalue weighted by molar-refractivity contribution is -0.0506. The van der Waals surface area contributed by atoms with Crippen LogP contribution in [-0.4, -0.2) is 23.6 Å². The molecule has 0 unspecified atom stereocenters. The van der Waals surface area contributed by atoms with E-state index in [2.05, 4.69) is 10.1 Å². The van der Waals surface area contributed by atoms with Crippen molar-refractivity contribution in [3.63, 3.8) is 0 Å². The second-order valence-corrected chi connectivity index (χ2v) is 4.88. The zero-order valence-corrected chi connectivity index (χ0v) is 13.0. The summed E-state index contributed by atoms with van der Waals surface area (Å²) in [5, 5.41) is 11.3. The summed E-state index contributed by atoms with van der Waals surface area (Å²) in [5.74, 6) is -3.46. The topological polar surface area (TPSA) is 88.8 Å². The van der Waals surface area contributed by atoms with Crippen molar-refractivity contribution in [2.45, 2.75) is 26.5 Å². The van der Waals surface area contributed by atoms with Crippen LogP contribution in [0.2, 0.25) is 0 Å². The van der Waals surface area contributed by atoms with E-state index in [0.717, 1.165) is 18.2 Å². The number of carbonyl (C=O) groups is 2. The largest absolute Gasteiger partial charge is 0.478 e. The van der Waals surface area contributed by atoms with Gasteiger partial charge in [0.05, 0.1) is 0 Å². The standard InChI is InChI=1S/C16H14F3NO5/c1-2-11-8(15(22)23)6-13(24-11)14(21)20-7-9-10(17)4-3-5-12(9)25-16(18)19/h3-6,16H,2,7H2,1H3,(H,20,21)(H,22,23). The highest BCUT2D eigenvalue weighted by Gasteiger charge is 2.21. The van der Waals surface area contributed by atoms with Crippen LogP contribution < -0.4 is 10.1 Å². The summed E-state index contributed by atoms with van der Waals surface area (Å²) in [7, 11) is 0. The molecule has 0 radical (unpaired) electrons. The van der Waals surface area contributed by atoms with Gasteiger partial charge in [0.1, 0.15) is 22.9 Å². The molecule has 0 atom stereocenters. The van der Waals surface area contributed by atoms with Crippen molar-refractivity contribution in [2.75, 3.05) is 0 Å². The number of carbonyl (C=O) groups excluding carboxylic acids is 1. The predicted octanol–water partition coefficient (Wildman–Crippen LogP) is 3.21. The van der Waals surface area contributed by atoms with E-state index in [9.17, 15) is 22.8 Å². The number of aryl methyl sites for hydroxylation is 1. The first kappa shape index (κ1) is 18.4. The Morgan fingerprint density at radius 2 is 2.08 bits per heavy atom. The Bertz CT molecular complexity index is 788. The normalized spacial score (nSPS) is 10.8. The van der Waals surface area contributed by atoms with Gasteiger partial charge in [-0.1, -0.05) is 13.0 Å². The molecule has 2 N–H and O–H groups in total. The van der Waals surface area contributed by atoms with Crippen LogP contribution in [0, 0.1) is 5.82 Å². The molecule has 0 aliphatic rings. The molecular formula is C16H14F3NO5. The van der Waals surface area contributed by atoms with E-state index < -0.39 is 36.6 Å². The number of benzene rings is 1. The Kier molecular flexibility index (Phi) is 5.68. The van der Waals surface area contributed by atoms with E-state index in [-0.39, 0.29) is 29.1 Å². The van der Waals surface area contributed by atoms with Crippen LogP contribution in [0.5, 0.6) is 5.75 Å². The smallest absolute Gasteiger partial charge is 0.387 e. The fourth-order valence-corrected chi connectivity index (χ4v) is 2.16. The number of nitrogens with one attached hydrogen (secondary N) is 1. The summed E-state index contributed by atoms with van der Waals surface area (Å²) in [4.78, 5) is 23.1. The summed E-state index contributed by atoms with van der Waals surface area (Å²) < 4.78 is 47.9. The molecule has 1 aromatic carbocycles. The third-order valence-electron chi connectivity index (χ3n) is 3.30. The summed E-state index contributed by atoms with van der Waals surface area (Å²) in [5.41, 5.74) is -0.419. The average molecular weight is 357 g/mol. The fourth-order valence-electron chi connectivity index (χ4n) is 2.16. The maximum atomic E-state index is 13.8. The van der Waals surface area contributed by atoms with Crippen molar-refractivity contribution in [3.05, 3.63) is 52.7 Å². The minimum absolute atomic E-state index is 0.116. The number of halogens is 3. The van der Waals surface area contributed by atoms with Gasteiger partial charge in [-0.15, -0.1) is 0 Å². The molecule has 2 rings (SSSR count). The quantitative estimate of drug-likeness (QED) is 0.794. The van der Waals surface area contributed by atoms with Gasteiger partial charge < -0.3 is 19.6 Å². The maximum Gasteiger partial charge on any atom is 0.387 e. The minimum atomic E-state index is -3.15. The number of aromatic carboxylic acids is 1. The lowest BCUT2D eigenvalue weighted by atomic mass is 10.2. The molecule has 6 nitrogen and oxygen atoms in total. The Balaban J connectivity index is 2.17. The van der Waals surface area contributed by atoms with Gasteiger partial charge in [-0.3, -0.25) is 4.79 Å². The predicted molar refractivity (Wildman–Crippen MR) is 79.2 cm³/mol. The monoisotopic (exact) mass is 357 g/mol. The molecule has 0 saturated heterocycles. The highest BCUT2D eigenvalue weighted by molar-refractivity contribution is 5.96. The van der Waals surface area contributed by atoms with E-state index in [1.165, 1.54) is 6.07 Å². The van der Waals surface area contributed by atoms with Gasteiger partial charge in [0.2, 0.25) is 0 Å². The van der Waals surface area contributed by atoms with Crippen molar-refractivity contribution in [2.24, 2.45) is 0 Å². The summed E-state index contributed by atoms with van der Waals surface area (Å²) >= 11 is 0. The fraction of sp³-hybridized carbons (Fsp3) is 0.250. The van der Waals surface area contributed by atoms with E-state index in [4.69, 9.17) is 9.52 Å². The molecular weight excluding hydrogens is 343 g/mol. The first-order valence-electron chi connectivity index (χ1n) is 7.19. The molecule has 134 valence electrons. The van der Waals surface area contributed by atoms with Gasteiger partial charge >= 0.3 is 12.6 Å². The third kappa shape index (κ3) is 4.31. The Morgan fingerprint density at radius 3 is 2.64 bits per heavy atom. The molecule has 1 aromatic heterocycles. The van der Waals surface area contributed by atoms with Gasteiger partial charge in [-0.05, 0) is 12.1 Å². The lowest BCUT2D eigenvalue weighted by Crippen LogP contribution is -2.23. The number of hydrogen-bond donors (Lipinski definition) is 2. The van der Waals surface area contributed by atoms with Crippen molar-refractivity contribution in [1.82, 2.24) is 5.32 Å². The molecule has 0 bridgehead atoms. The van der Waals surface area contributed by atoms with E-state index >= 15 is 0 Å². The molecule has 0 spiro atoms. The number of furan rings is 1. The zero-order valence-electron chi connectivity index (χ0n) is 13.0. The maximum absolute atomic E-state index is 13.8. The highest BCUT2D eigenvalue weighted by atomic mass is 19.3. The number of ether oxygens (including phenoxy) is 1. The van der Waals surface area contributed by atoms with Gasteiger partial charge in [0.15, 0.2) is 5.76 Å². The molecule has 0 fully saturated rings. The van der Waals surface area contributed by atoms with Gasteiger partial charge in [-0.2, -0.15) is 8.78 Å². The number of amides is 1. The average Bonchev–Trinajstić information content (AvgIpc) is 2.98. The third-order valence-corrected chi connectivity index (χ3v) is 3.30. The first-order chi connectivity index (χ1) is 11.8. The summed E-state index contributed by atoms with van der Waals surface area (Å²) in [6.07, 6.45) is 0.259. The minimum Gasteiger partial charge on any atom is -0.478 e. The molecule has 9 heteroatoms. The summed E-state index contributed by atoms with van der Waals surface area (Å²) in [6, 6.07) is 4.41. The summed E-state index contributed by atoms with van der Waals surface area (Å²) in [6.45, 7) is -1.94. The Labute approximate surface area is 140 Å².